The predicted octanol–water partition coefficient (Wildman–Crippen LogP) is 2.11. The van der Waals surface area contributed by atoms with Crippen LogP contribution in [0.4, 0.5) is 11.4 Å². The van der Waals surface area contributed by atoms with E-state index < -0.39 is 10.7 Å². The molecule has 1 amide bonds. The molecule has 1 saturated heterocycles. The van der Waals surface area contributed by atoms with Crippen LogP contribution in [-0.4, -0.2) is 46.5 Å². The highest BCUT2D eigenvalue weighted by Gasteiger charge is 2.22. The Morgan fingerprint density at radius 1 is 1.13 bits per heavy atom. The molecule has 0 unspecified atom stereocenters. The molecule has 2 heterocycles. The number of carbonyl (C=O) groups is 1. The Bertz CT molecular complexity index is 1240. The van der Waals surface area contributed by atoms with Crippen LogP contribution in [0.25, 0.3) is 11.1 Å². The Morgan fingerprint density at radius 3 is 2.61 bits per heavy atom. The van der Waals surface area contributed by atoms with Gasteiger partial charge in [0.15, 0.2) is 5.58 Å². The summed E-state index contributed by atoms with van der Waals surface area (Å²) in [6, 6.07) is 13.3. The molecular weight excluding hydrogens is 402 g/mol. The highest BCUT2D eigenvalue weighted by Crippen LogP contribution is 2.21. The largest absolute Gasteiger partial charge is 0.420 e. The molecular formula is C21H19N5O5. The number of hydrogen-bond acceptors (Lipinski definition) is 7. The number of nitrogens with zero attached hydrogens (tertiary/aromatic N) is 5. The highest BCUT2D eigenvalue weighted by molar-refractivity contribution is 5.80. The molecule has 2 aromatic carbocycles. The molecule has 1 aliphatic rings. The number of benzene rings is 2. The molecule has 0 N–H and O–H groups in total. The van der Waals surface area contributed by atoms with Gasteiger partial charge in [-0.2, -0.15) is 5.26 Å². The number of hydrogen-bond donors (Lipinski definition) is 0. The number of aromatic nitrogens is 1. The van der Waals surface area contributed by atoms with Crippen molar-refractivity contribution in [2.75, 3.05) is 31.1 Å². The maximum Gasteiger partial charge on any atom is 0.420 e. The lowest BCUT2D eigenvalue weighted by molar-refractivity contribution is -0.384. The minimum absolute atomic E-state index is 0.0786. The maximum atomic E-state index is 12.9. The number of carbonyl (C=O) groups excluding carboxylic acids is 1. The average Bonchev–Trinajstić information content (AvgIpc) is 2.94. The molecule has 4 rings (SSSR count). The summed E-state index contributed by atoms with van der Waals surface area (Å²) in [6.07, 6.45) is 0.763. The molecule has 158 valence electrons. The monoisotopic (exact) mass is 421 g/mol. The SMILES string of the molecule is N#Cc1ccc(N2CCCN(C(=O)Cn3c(=O)oc4cc([N+](=O)[O-])ccc43)CC2)cc1. The van der Waals surface area contributed by atoms with Crippen molar-refractivity contribution in [3.63, 3.8) is 0 Å². The van der Waals surface area contributed by atoms with Gasteiger partial charge in [0.25, 0.3) is 5.69 Å². The van der Waals surface area contributed by atoms with Gasteiger partial charge in [-0.15, -0.1) is 0 Å². The summed E-state index contributed by atoms with van der Waals surface area (Å²) in [6.45, 7) is 2.26. The number of non-ortho nitro benzene ring substituents is 1. The zero-order valence-corrected chi connectivity index (χ0v) is 16.6. The van der Waals surface area contributed by atoms with Gasteiger partial charge in [0.2, 0.25) is 5.91 Å². The Balaban J connectivity index is 1.46. The van der Waals surface area contributed by atoms with Crippen LogP contribution in [0.15, 0.2) is 51.7 Å². The van der Waals surface area contributed by atoms with Crippen molar-refractivity contribution in [1.29, 1.82) is 5.26 Å². The Morgan fingerprint density at radius 2 is 1.90 bits per heavy atom. The first-order chi connectivity index (χ1) is 15.0. The Labute approximate surface area is 176 Å². The van der Waals surface area contributed by atoms with Crippen molar-refractivity contribution in [3.05, 3.63) is 68.7 Å². The first-order valence-electron chi connectivity index (χ1n) is 9.77. The van der Waals surface area contributed by atoms with Crippen LogP contribution in [0.3, 0.4) is 0 Å². The number of fused-ring (bicyclic) bond motifs is 1. The summed E-state index contributed by atoms with van der Waals surface area (Å²) in [4.78, 5) is 39.3. The van der Waals surface area contributed by atoms with Gasteiger partial charge in [0, 0.05) is 37.9 Å². The van der Waals surface area contributed by atoms with E-state index in [0.717, 1.165) is 18.7 Å². The molecule has 1 fully saturated rings. The quantitative estimate of drug-likeness (QED) is 0.466. The second kappa shape index (κ2) is 8.31. The third-order valence-electron chi connectivity index (χ3n) is 5.37. The molecule has 1 aliphatic heterocycles. The van der Waals surface area contributed by atoms with E-state index in [0.29, 0.717) is 30.7 Å². The van der Waals surface area contributed by atoms with Crippen molar-refractivity contribution in [2.24, 2.45) is 0 Å². The Hall–Kier alpha value is -4.13. The fraction of sp³-hybridized carbons (Fsp3) is 0.286. The number of nitro groups is 1. The van der Waals surface area contributed by atoms with Gasteiger partial charge in [0.1, 0.15) is 6.54 Å². The van der Waals surface area contributed by atoms with Crippen LogP contribution in [0, 0.1) is 21.4 Å². The van der Waals surface area contributed by atoms with E-state index in [-0.39, 0.29) is 23.7 Å². The van der Waals surface area contributed by atoms with Gasteiger partial charge in [-0.25, -0.2) is 4.79 Å². The molecule has 0 saturated carbocycles. The number of oxazole rings is 1. The maximum absolute atomic E-state index is 12.9. The average molecular weight is 421 g/mol. The third kappa shape index (κ3) is 4.11. The predicted molar refractivity (Wildman–Crippen MR) is 112 cm³/mol. The summed E-state index contributed by atoms with van der Waals surface area (Å²) in [5, 5.41) is 19.9. The smallest absolute Gasteiger partial charge is 0.407 e. The number of anilines is 1. The van der Waals surface area contributed by atoms with E-state index in [4.69, 9.17) is 9.68 Å². The standard InChI is InChI=1S/C21H19N5O5/c22-13-15-2-4-16(5-3-15)23-8-1-9-24(11-10-23)20(27)14-25-18-7-6-17(26(29)30)12-19(18)31-21(25)28/h2-7,12H,1,8-11,14H2. The minimum Gasteiger partial charge on any atom is -0.407 e. The number of nitro benzene ring substituents is 1. The zero-order valence-electron chi connectivity index (χ0n) is 16.6. The minimum atomic E-state index is -0.724. The normalized spacial score (nSPS) is 14.3. The van der Waals surface area contributed by atoms with Gasteiger partial charge < -0.3 is 14.2 Å². The molecule has 0 atom stereocenters. The molecule has 0 bridgehead atoms. The molecule has 31 heavy (non-hydrogen) atoms. The fourth-order valence-electron chi connectivity index (χ4n) is 3.73. The molecule has 0 spiro atoms. The van der Waals surface area contributed by atoms with E-state index in [1.165, 1.54) is 22.8 Å². The molecule has 3 aromatic rings. The van der Waals surface area contributed by atoms with Gasteiger partial charge in [-0.3, -0.25) is 19.5 Å². The lowest BCUT2D eigenvalue weighted by Gasteiger charge is -2.23. The fourth-order valence-corrected chi connectivity index (χ4v) is 3.73. The topological polar surface area (TPSA) is 126 Å². The van der Waals surface area contributed by atoms with Gasteiger partial charge in [-0.05, 0) is 36.8 Å². The Kier molecular flexibility index (Phi) is 5.41. The highest BCUT2D eigenvalue weighted by atomic mass is 16.6. The van der Waals surface area contributed by atoms with Crippen LogP contribution >= 0.6 is 0 Å². The summed E-state index contributed by atoms with van der Waals surface area (Å²) >= 11 is 0. The van der Waals surface area contributed by atoms with Crippen molar-refractivity contribution < 1.29 is 14.1 Å². The first kappa shape index (κ1) is 20.2. The van der Waals surface area contributed by atoms with Crippen LogP contribution in [-0.2, 0) is 11.3 Å². The van der Waals surface area contributed by atoms with Crippen LogP contribution in [0.5, 0.6) is 0 Å². The second-order valence-corrected chi connectivity index (χ2v) is 7.24. The van der Waals surface area contributed by atoms with E-state index in [1.54, 1.807) is 17.0 Å². The number of rotatable bonds is 4. The van der Waals surface area contributed by atoms with Crippen LogP contribution < -0.4 is 10.7 Å². The van der Waals surface area contributed by atoms with E-state index in [1.807, 2.05) is 12.1 Å². The number of amides is 1. The van der Waals surface area contributed by atoms with Crippen molar-refractivity contribution >= 4 is 28.4 Å². The summed E-state index contributed by atoms with van der Waals surface area (Å²) < 4.78 is 6.30. The van der Waals surface area contributed by atoms with Crippen molar-refractivity contribution in [1.82, 2.24) is 9.47 Å². The van der Waals surface area contributed by atoms with Crippen LogP contribution in [0.2, 0.25) is 0 Å². The number of nitriles is 1. The van der Waals surface area contributed by atoms with E-state index in [9.17, 15) is 19.7 Å². The third-order valence-corrected chi connectivity index (χ3v) is 5.37. The van der Waals surface area contributed by atoms with Crippen LogP contribution in [0.1, 0.15) is 12.0 Å². The molecule has 1 aromatic heterocycles. The lowest BCUT2D eigenvalue weighted by Crippen LogP contribution is -2.38. The van der Waals surface area contributed by atoms with Gasteiger partial charge >= 0.3 is 5.76 Å². The molecule has 10 nitrogen and oxygen atoms in total. The zero-order chi connectivity index (χ0) is 22.0. The van der Waals surface area contributed by atoms with E-state index >= 15 is 0 Å². The van der Waals surface area contributed by atoms with Gasteiger partial charge in [0.05, 0.1) is 28.1 Å². The molecule has 10 heteroatoms. The molecule has 0 aliphatic carbocycles. The lowest BCUT2D eigenvalue weighted by atomic mass is 10.2. The summed E-state index contributed by atoms with van der Waals surface area (Å²) in [5.74, 6) is -0.942. The second-order valence-electron chi connectivity index (χ2n) is 7.24. The molecule has 0 radical (unpaired) electrons. The van der Waals surface area contributed by atoms with Crippen molar-refractivity contribution in [3.8, 4) is 6.07 Å². The van der Waals surface area contributed by atoms with Crippen molar-refractivity contribution in [2.45, 2.75) is 13.0 Å². The summed E-state index contributed by atoms with van der Waals surface area (Å²) in [7, 11) is 0. The van der Waals surface area contributed by atoms with Gasteiger partial charge in [-0.1, -0.05) is 0 Å². The first-order valence-corrected chi connectivity index (χ1v) is 9.77. The van der Waals surface area contributed by atoms with E-state index in [2.05, 4.69) is 11.0 Å². The summed E-state index contributed by atoms with van der Waals surface area (Å²) in [5.41, 5.74) is 1.83.